The fourth-order valence-electron chi connectivity index (χ4n) is 5.12. The summed E-state index contributed by atoms with van der Waals surface area (Å²) in [6, 6.07) is 7.69. The lowest BCUT2D eigenvalue weighted by Crippen LogP contribution is -2.55. The van der Waals surface area contributed by atoms with Crippen LogP contribution in [0.5, 0.6) is 0 Å². The van der Waals surface area contributed by atoms with Crippen molar-refractivity contribution in [2.45, 2.75) is 44.2 Å². The van der Waals surface area contributed by atoms with Gasteiger partial charge in [-0.1, -0.05) is 12.5 Å². The quantitative estimate of drug-likeness (QED) is 0.819. The van der Waals surface area contributed by atoms with E-state index in [1.807, 2.05) is 21.6 Å². The summed E-state index contributed by atoms with van der Waals surface area (Å²) in [5.74, 6) is 0.832. The number of hydrogen-bond donors (Lipinski definition) is 1. The number of fused-ring (bicyclic) bond motifs is 4. The zero-order valence-corrected chi connectivity index (χ0v) is 17.2. The van der Waals surface area contributed by atoms with Crippen molar-refractivity contribution in [3.63, 3.8) is 0 Å². The van der Waals surface area contributed by atoms with E-state index >= 15 is 0 Å². The number of pyridine rings is 2. The van der Waals surface area contributed by atoms with Gasteiger partial charge in [-0.15, -0.1) is 12.4 Å². The van der Waals surface area contributed by atoms with Gasteiger partial charge in [0.2, 0.25) is 5.91 Å². The zero-order chi connectivity index (χ0) is 19.1. The summed E-state index contributed by atoms with van der Waals surface area (Å²) < 4.78 is 1.93. The van der Waals surface area contributed by atoms with Crippen LogP contribution in [0.25, 0.3) is 11.1 Å². The van der Waals surface area contributed by atoms with Gasteiger partial charge in [0.15, 0.2) is 0 Å². The molecule has 2 saturated heterocycles. The molecule has 0 aliphatic carbocycles. The Morgan fingerprint density at radius 3 is 2.79 bits per heavy atom. The van der Waals surface area contributed by atoms with E-state index in [1.165, 1.54) is 0 Å². The van der Waals surface area contributed by atoms with Crippen molar-refractivity contribution in [1.29, 1.82) is 0 Å². The second-order valence-corrected chi connectivity index (χ2v) is 8.40. The third-order valence-electron chi connectivity index (χ3n) is 6.47. The van der Waals surface area contributed by atoms with Gasteiger partial charge in [-0.2, -0.15) is 0 Å². The number of amides is 1. The fourth-order valence-corrected chi connectivity index (χ4v) is 5.12. The molecule has 0 aromatic carbocycles. The van der Waals surface area contributed by atoms with Crippen LogP contribution in [-0.2, 0) is 11.3 Å². The minimum atomic E-state index is -0.0310. The normalized spacial score (nSPS) is 25.7. The Morgan fingerprint density at radius 1 is 1.14 bits per heavy atom. The lowest BCUT2D eigenvalue weighted by molar-refractivity contribution is -0.136. The molecule has 2 aromatic heterocycles. The molecule has 2 bridgehead atoms. The monoisotopic (exact) mass is 414 g/mol. The Bertz CT molecular complexity index is 940. The molecular formula is C22H27ClN4O2. The maximum absolute atomic E-state index is 13.0. The SMILES string of the molecule is Cl.O=C([C@@H]1CCCCN1)N1C[C@@H]2C[C@H](C1)c1cc(-c3cccnc3)cc(=O)n1C2. The van der Waals surface area contributed by atoms with Crippen molar-refractivity contribution < 1.29 is 4.79 Å². The van der Waals surface area contributed by atoms with Crippen LogP contribution < -0.4 is 10.9 Å². The van der Waals surface area contributed by atoms with Crippen molar-refractivity contribution in [3.8, 4) is 11.1 Å². The number of nitrogens with zero attached hydrogens (tertiary/aromatic N) is 3. The number of likely N-dealkylation sites (tertiary alicyclic amines) is 1. The van der Waals surface area contributed by atoms with Crippen LogP contribution in [0.3, 0.4) is 0 Å². The lowest BCUT2D eigenvalue weighted by atomic mass is 9.82. The summed E-state index contributed by atoms with van der Waals surface area (Å²) >= 11 is 0. The number of carbonyl (C=O) groups is 1. The van der Waals surface area contributed by atoms with E-state index in [1.54, 1.807) is 18.5 Å². The van der Waals surface area contributed by atoms with Gasteiger partial charge in [-0.05, 0) is 49.4 Å². The Balaban J connectivity index is 0.00000205. The molecule has 3 aliphatic heterocycles. The van der Waals surface area contributed by atoms with Gasteiger partial charge in [0.1, 0.15) is 0 Å². The van der Waals surface area contributed by atoms with E-state index in [4.69, 9.17) is 0 Å². The topological polar surface area (TPSA) is 67.2 Å². The zero-order valence-electron chi connectivity index (χ0n) is 16.4. The van der Waals surface area contributed by atoms with Gasteiger partial charge in [0.05, 0.1) is 6.04 Å². The molecule has 1 amide bonds. The standard InChI is InChI=1S/C22H26N4O2.ClH/c27-21-10-17(16-4-3-6-23-11-16)9-20-18-8-15(13-26(20)21)12-25(14-18)22(28)19-5-1-2-7-24-19;/h3-4,6,9-11,15,18-19,24H,1-2,5,7-8,12-14H2;1H/t15-,18+,19-;/m0./s1. The smallest absolute Gasteiger partial charge is 0.251 e. The molecule has 2 aromatic rings. The molecule has 7 heteroatoms. The Morgan fingerprint density at radius 2 is 2.03 bits per heavy atom. The predicted octanol–water partition coefficient (Wildman–Crippen LogP) is 2.42. The van der Waals surface area contributed by atoms with E-state index < -0.39 is 0 Å². The van der Waals surface area contributed by atoms with Crippen LogP contribution in [-0.4, -0.2) is 46.0 Å². The first-order valence-corrected chi connectivity index (χ1v) is 10.4. The maximum atomic E-state index is 13.0. The summed E-state index contributed by atoms with van der Waals surface area (Å²) in [5, 5.41) is 3.39. The summed E-state index contributed by atoms with van der Waals surface area (Å²) in [6.45, 7) is 3.12. The van der Waals surface area contributed by atoms with Crippen LogP contribution in [0, 0.1) is 5.92 Å². The van der Waals surface area contributed by atoms with Gasteiger partial charge >= 0.3 is 0 Å². The number of piperidine rings is 2. The largest absolute Gasteiger partial charge is 0.340 e. The minimum Gasteiger partial charge on any atom is -0.340 e. The number of rotatable bonds is 2. The van der Waals surface area contributed by atoms with Gasteiger partial charge in [-0.3, -0.25) is 14.6 Å². The molecule has 6 nitrogen and oxygen atoms in total. The molecule has 3 aliphatic rings. The highest BCUT2D eigenvalue weighted by Gasteiger charge is 2.38. The highest BCUT2D eigenvalue weighted by molar-refractivity contribution is 5.85. The summed E-state index contributed by atoms with van der Waals surface area (Å²) in [5.41, 5.74) is 3.00. The molecule has 0 spiro atoms. The second kappa shape index (κ2) is 8.28. The number of nitrogens with one attached hydrogen (secondary N) is 1. The Hall–Kier alpha value is -2.18. The van der Waals surface area contributed by atoms with Crippen LogP contribution in [0.4, 0.5) is 0 Å². The van der Waals surface area contributed by atoms with Crippen LogP contribution in [0.15, 0.2) is 41.5 Å². The first kappa shape index (κ1) is 20.1. The number of carbonyl (C=O) groups excluding carboxylic acids is 1. The van der Waals surface area contributed by atoms with Crippen LogP contribution in [0.2, 0.25) is 0 Å². The van der Waals surface area contributed by atoms with Crippen molar-refractivity contribution in [2.75, 3.05) is 19.6 Å². The molecule has 29 heavy (non-hydrogen) atoms. The van der Waals surface area contributed by atoms with Gasteiger partial charge in [-0.25, -0.2) is 0 Å². The summed E-state index contributed by atoms with van der Waals surface area (Å²) in [4.78, 5) is 32.1. The van der Waals surface area contributed by atoms with E-state index in [-0.39, 0.29) is 35.8 Å². The number of aromatic nitrogens is 2. The Kier molecular flexibility index (Phi) is 5.74. The molecular weight excluding hydrogens is 388 g/mol. The Labute approximate surface area is 176 Å². The fraction of sp³-hybridized carbons (Fsp3) is 0.500. The minimum absolute atomic E-state index is 0. The molecule has 5 rings (SSSR count). The first-order valence-electron chi connectivity index (χ1n) is 10.4. The predicted molar refractivity (Wildman–Crippen MR) is 114 cm³/mol. The molecule has 3 atom stereocenters. The second-order valence-electron chi connectivity index (χ2n) is 8.40. The van der Waals surface area contributed by atoms with Crippen molar-refractivity contribution in [3.05, 3.63) is 52.7 Å². The molecule has 154 valence electrons. The van der Waals surface area contributed by atoms with E-state index in [0.717, 1.165) is 55.6 Å². The third kappa shape index (κ3) is 3.83. The molecule has 1 N–H and O–H groups in total. The van der Waals surface area contributed by atoms with E-state index in [2.05, 4.69) is 16.4 Å². The van der Waals surface area contributed by atoms with Crippen molar-refractivity contribution in [2.24, 2.45) is 5.92 Å². The van der Waals surface area contributed by atoms with E-state index in [9.17, 15) is 9.59 Å². The van der Waals surface area contributed by atoms with Crippen molar-refractivity contribution in [1.82, 2.24) is 19.8 Å². The molecule has 0 radical (unpaired) electrons. The lowest BCUT2D eigenvalue weighted by Gasteiger charge is -2.44. The summed E-state index contributed by atoms with van der Waals surface area (Å²) in [7, 11) is 0. The van der Waals surface area contributed by atoms with Gasteiger partial charge in [0, 0.05) is 55.3 Å². The molecule has 2 fully saturated rings. The highest BCUT2D eigenvalue weighted by Crippen LogP contribution is 2.36. The van der Waals surface area contributed by atoms with E-state index in [0.29, 0.717) is 19.0 Å². The first-order chi connectivity index (χ1) is 13.7. The van der Waals surface area contributed by atoms with Gasteiger partial charge in [0.25, 0.3) is 5.56 Å². The average molecular weight is 415 g/mol. The average Bonchev–Trinajstić information content (AvgIpc) is 2.75. The maximum Gasteiger partial charge on any atom is 0.251 e. The highest BCUT2D eigenvalue weighted by atomic mass is 35.5. The third-order valence-corrected chi connectivity index (χ3v) is 6.47. The molecule has 0 unspecified atom stereocenters. The summed E-state index contributed by atoms with van der Waals surface area (Å²) in [6.07, 6.45) is 7.80. The van der Waals surface area contributed by atoms with Crippen molar-refractivity contribution >= 4 is 18.3 Å². The molecule has 5 heterocycles. The molecule has 0 saturated carbocycles. The van der Waals surface area contributed by atoms with Crippen LogP contribution >= 0.6 is 12.4 Å². The van der Waals surface area contributed by atoms with Crippen LogP contribution in [0.1, 0.15) is 37.3 Å². The number of halogens is 1. The van der Waals surface area contributed by atoms with Gasteiger partial charge < -0.3 is 14.8 Å². The number of hydrogen-bond acceptors (Lipinski definition) is 4.